The maximum absolute atomic E-state index is 12.6. The summed E-state index contributed by atoms with van der Waals surface area (Å²) in [6.07, 6.45) is -4.36. The van der Waals surface area contributed by atoms with E-state index in [2.05, 4.69) is 4.98 Å². The summed E-state index contributed by atoms with van der Waals surface area (Å²) in [7, 11) is 0. The molecule has 0 saturated heterocycles. The summed E-state index contributed by atoms with van der Waals surface area (Å²) in [6, 6.07) is 12.8. The molecule has 0 bridgehead atoms. The van der Waals surface area contributed by atoms with Crippen molar-refractivity contribution in [3.8, 4) is 5.75 Å². The van der Waals surface area contributed by atoms with E-state index in [-0.39, 0.29) is 12.4 Å². The van der Waals surface area contributed by atoms with Crippen LogP contribution in [0.15, 0.2) is 48.5 Å². The third-order valence-corrected chi connectivity index (χ3v) is 3.39. The Bertz CT molecular complexity index is 805. The summed E-state index contributed by atoms with van der Waals surface area (Å²) >= 11 is 0. The molecule has 1 N–H and O–H groups in total. The van der Waals surface area contributed by atoms with Crippen LogP contribution in [-0.2, 0) is 12.8 Å². The Balaban J connectivity index is 1.76. The lowest BCUT2D eigenvalue weighted by molar-refractivity contribution is -0.137. The van der Waals surface area contributed by atoms with Crippen molar-refractivity contribution in [1.82, 2.24) is 4.98 Å². The van der Waals surface area contributed by atoms with Gasteiger partial charge in [0, 0.05) is 10.9 Å². The van der Waals surface area contributed by atoms with Gasteiger partial charge in [-0.05, 0) is 43.3 Å². The predicted octanol–water partition coefficient (Wildman–Crippen LogP) is 5.07. The minimum atomic E-state index is -4.36. The molecule has 22 heavy (non-hydrogen) atoms. The third-order valence-electron chi connectivity index (χ3n) is 3.39. The zero-order valence-electron chi connectivity index (χ0n) is 11.9. The van der Waals surface area contributed by atoms with E-state index in [4.69, 9.17) is 4.74 Å². The van der Waals surface area contributed by atoms with Crippen LogP contribution in [0.3, 0.4) is 0 Å². The van der Waals surface area contributed by atoms with Crippen LogP contribution in [-0.4, -0.2) is 4.98 Å². The Kier molecular flexibility index (Phi) is 3.56. The molecule has 114 valence electrons. The summed E-state index contributed by atoms with van der Waals surface area (Å²) in [5.41, 5.74) is 2.24. The van der Waals surface area contributed by atoms with Gasteiger partial charge in [-0.25, -0.2) is 0 Å². The number of benzene rings is 2. The third kappa shape index (κ3) is 3.08. The van der Waals surface area contributed by atoms with Crippen molar-refractivity contribution in [3.05, 3.63) is 65.4 Å². The normalized spacial score (nSPS) is 11.8. The number of alkyl halides is 3. The van der Waals surface area contributed by atoms with Gasteiger partial charge in [-0.2, -0.15) is 13.2 Å². The second-order valence-electron chi connectivity index (χ2n) is 5.20. The molecule has 0 spiro atoms. The summed E-state index contributed by atoms with van der Waals surface area (Å²) in [4.78, 5) is 3.19. The Labute approximate surface area is 125 Å². The molecule has 0 amide bonds. The van der Waals surface area contributed by atoms with Gasteiger partial charge in [0.1, 0.15) is 12.4 Å². The van der Waals surface area contributed by atoms with Crippen molar-refractivity contribution in [1.29, 1.82) is 0 Å². The van der Waals surface area contributed by atoms with Gasteiger partial charge in [0.2, 0.25) is 0 Å². The number of rotatable bonds is 3. The standard InChI is InChI=1S/C17H14F3NO/c1-11-5-6-16-12(7-11)8-14(21-16)10-22-15-4-2-3-13(9-15)17(18,19)20/h2-9,21H,10H2,1H3. The van der Waals surface area contributed by atoms with Crippen LogP contribution in [0.4, 0.5) is 13.2 Å². The van der Waals surface area contributed by atoms with Crippen LogP contribution < -0.4 is 4.74 Å². The van der Waals surface area contributed by atoms with Gasteiger partial charge in [0.15, 0.2) is 0 Å². The lowest BCUT2D eigenvalue weighted by Crippen LogP contribution is -2.05. The molecule has 0 fully saturated rings. The first-order chi connectivity index (χ1) is 10.4. The van der Waals surface area contributed by atoms with Gasteiger partial charge in [-0.15, -0.1) is 0 Å². The Morgan fingerprint density at radius 3 is 2.64 bits per heavy atom. The number of aryl methyl sites for hydroxylation is 1. The number of aromatic nitrogens is 1. The number of nitrogens with one attached hydrogen (secondary N) is 1. The number of H-pyrrole nitrogens is 1. The van der Waals surface area contributed by atoms with E-state index < -0.39 is 11.7 Å². The van der Waals surface area contributed by atoms with Crippen LogP contribution in [0.1, 0.15) is 16.8 Å². The summed E-state index contributed by atoms with van der Waals surface area (Å²) in [6.45, 7) is 2.19. The van der Waals surface area contributed by atoms with Crippen LogP contribution in [0, 0.1) is 6.92 Å². The summed E-state index contributed by atoms with van der Waals surface area (Å²) in [5, 5.41) is 1.06. The molecule has 1 aromatic heterocycles. The number of fused-ring (bicyclic) bond motifs is 1. The molecule has 2 aromatic carbocycles. The van der Waals surface area contributed by atoms with E-state index >= 15 is 0 Å². The summed E-state index contributed by atoms with van der Waals surface area (Å²) < 4.78 is 43.4. The number of hydrogen-bond acceptors (Lipinski definition) is 1. The molecule has 2 nitrogen and oxygen atoms in total. The molecule has 0 aliphatic rings. The Hall–Kier alpha value is -2.43. The lowest BCUT2D eigenvalue weighted by Gasteiger charge is -2.09. The molecule has 0 saturated carbocycles. The first kappa shape index (κ1) is 14.5. The van der Waals surface area contributed by atoms with E-state index in [1.807, 2.05) is 31.2 Å². The average Bonchev–Trinajstić information content (AvgIpc) is 2.86. The van der Waals surface area contributed by atoms with Crippen molar-refractivity contribution in [3.63, 3.8) is 0 Å². The minimum Gasteiger partial charge on any atom is -0.487 e. The first-order valence-electron chi connectivity index (χ1n) is 6.80. The molecule has 0 radical (unpaired) electrons. The zero-order chi connectivity index (χ0) is 15.7. The molecular weight excluding hydrogens is 291 g/mol. The second-order valence-corrected chi connectivity index (χ2v) is 5.20. The first-order valence-corrected chi connectivity index (χ1v) is 6.80. The SMILES string of the molecule is Cc1ccc2[nH]c(COc3cccc(C(F)(F)F)c3)cc2c1. The van der Waals surface area contributed by atoms with E-state index in [1.165, 1.54) is 12.1 Å². The molecular formula is C17H14F3NO. The lowest BCUT2D eigenvalue weighted by atomic mass is 10.2. The molecule has 0 atom stereocenters. The molecule has 0 aliphatic heterocycles. The Morgan fingerprint density at radius 2 is 1.86 bits per heavy atom. The average molecular weight is 305 g/mol. The monoisotopic (exact) mass is 305 g/mol. The van der Waals surface area contributed by atoms with Crippen molar-refractivity contribution in [2.24, 2.45) is 0 Å². The number of aromatic amines is 1. The van der Waals surface area contributed by atoms with Crippen LogP contribution in [0.5, 0.6) is 5.75 Å². The molecule has 3 rings (SSSR count). The highest BCUT2D eigenvalue weighted by Gasteiger charge is 2.30. The summed E-state index contributed by atoms with van der Waals surface area (Å²) in [5.74, 6) is 0.199. The molecule has 0 aliphatic carbocycles. The van der Waals surface area contributed by atoms with Gasteiger partial charge in [-0.3, -0.25) is 0 Å². The fraction of sp³-hybridized carbons (Fsp3) is 0.176. The van der Waals surface area contributed by atoms with Crippen LogP contribution in [0.25, 0.3) is 10.9 Å². The van der Waals surface area contributed by atoms with Crippen molar-refractivity contribution in [2.75, 3.05) is 0 Å². The largest absolute Gasteiger partial charge is 0.487 e. The topological polar surface area (TPSA) is 25.0 Å². The molecule has 5 heteroatoms. The molecule has 0 unspecified atom stereocenters. The van der Waals surface area contributed by atoms with Gasteiger partial charge < -0.3 is 9.72 Å². The maximum atomic E-state index is 12.6. The van der Waals surface area contributed by atoms with Gasteiger partial charge in [0.25, 0.3) is 0 Å². The quantitative estimate of drug-likeness (QED) is 0.717. The van der Waals surface area contributed by atoms with Gasteiger partial charge in [0.05, 0.1) is 11.3 Å². The van der Waals surface area contributed by atoms with Crippen molar-refractivity contribution >= 4 is 10.9 Å². The van der Waals surface area contributed by atoms with E-state index in [0.29, 0.717) is 0 Å². The van der Waals surface area contributed by atoms with Crippen LogP contribution >= 0.6 is 0 Å². The maximum Gasteiger partial charge on any atom is 0.416 e. The number of halogens is 3. The van der Waals surface area contributed by atoms with Crippen molar-refractivity contribution < 1.29 is 17.9 Å². The number of hydrogen-bond donors (Lipinski definition) is 1. The van der Waals surface area contributed by atoms with E-state index in [1.54, 1.807) is 0 Å². The molecule has 3 aromatic rings. The highest BCUT2D eigenvalue weighted by atomic mass is 19.4. The second kappa shape index (κ2) is 5.40. The van der Waals surface area contributed by atoms with Gasteiger partial charge in [-0.1, -0.05) is 17.7 Å². The van der Waals surface area contributed by atoms with E-state index in [9.17, 15) is 13.2 Å². The minimum absolute atomic E-state index is 0.190. The fourth-order valence-electron chi connectivity index (χ4n) is 2.31. The zero-order valence-corrected chi connectivity index (χ0v) is 11.9. The van der Waals surface area contributed by atoms with Crippen molar-refractivity contribution in [2.45, 2.75) is 19.7 Å². The van der Waals surface area contributed by atoms with Crippen LogP contribution in [0.2, 0.25) is 0 Å². The van der Waals surface area contributed by atoms with Gasteiger partial charge >= 0.3 is 6.18 Å². The fourth-order valence-corrected chi connectivity index (χ4v) is 2.31. The molecule has 1 heterocycles. The smallest absolute Gasteiger partial charge is 0.416 e. The Morgan fingerprint density at radius 1 is 1.05 bits per heavy atom. The highest BCUT2D eigenvalue weighted by molar-refractivity contribution is 5.81. The predicted molar refractivity (Wildman–Crippen MR) is 78.8 cm³/mol. The highest BCUT2D eigenvalue weighted by Crippen LogP contribution is 2.31. The number of ether oxygens (including phenoxy) is 1. The van der Waals surface area contributed by atoms with E-state index in [0.717, 1.165) is 34.3 Å².